The molecule has 1 heterocycles. The van der Waals surface area contributed by atoms with Crippen molar-refractivity contribution in [1.29, 1.82) is 0 Å². The first kappa shape index (κ1) is 22.4. The zero-order valence-corrected chi connectivity index (χ0v) is 17.2. The molecule has 0 amide bonds. The van der Waals surface area contributed by atoms with E-state index in [1.165, 1.54) is 116 Å². The Bertz CT molecular complexity index is 311. The van der Waals surface area contributed by atoms with Gasteiger partial charge in [0.15, 0.2) is 6.26 Å². The first-order chi connectivity index (χ1) is 12.4. The van der Waals surface area contributed by atoms with Gasteiger partial charge in [0.1, 0.15) is 6.10 Å². The summed E-state index contributed by atoms with van der Waals surface area (Å²) in [6, 6.07) is 0. The third kappa shape index (κ3) is 15.3. The molecule has 0 fully saturated rings. The van der Waals surface area contributed by atoms with Crippen molar-refractivity contribution in [2.75, 3.05) is 0 Å². The van der Waals surface area contributed by atoms with Crippen molar-refractivity contribution in [3.8, 4) is 0 Å². The molecule has 0 saturated carbocycles. The van der Waals surface area contributed by atoms with Gasteiger partial charge in [-0.25, -0.2) is 0 Å². The zero-order valence-electron chi connectivity index (χ0n) is 17.2. The lowest BCUT2D eigenvalue weighted by Crippen LogP contribution is -2.11. The molecular formula is C23H44O2. The van der Waals surface area contributed by atoms with Crippen LogP contribution in [0, 0.1) is 0 Å². The molecule has 1 unspecified atom stereocenters. The Morgan fingerprint density at radius 1 is 0.640 bits per heavy atom. The van der Waals surface area contributed by atoms with E-state index in [4.69, 9.17) is 9.47 Å². The van der Waals surface area contributed by atoms with Crippen LogP contribution >= 0.6 is 0 Å². The summed E-state index contributed by atoms with van der Waals surface area (Å²) in [7, 11) is 0. The average Bonchev–Trinajstić information content (AvgIpc) is 3.43. The van der Waals surface area contributed by atoms with Crippen LogP contribution in [0.2, 0.25) is 0 Å². The van der Waals surface area contributed by atoms with Gasteiger partial charge in [-0.05, 0) is 25.7 Å². The molecule has 1 aliphatic rings. The van der Waals surface area contributed by atoms with E-state index in [2.05, 4.69) is 13.8 Å². The molecule has 0 aromatic rings. The highest BCUT2D eigenvalue weighted by Crippen LogP contribution is 2.24. The molecule has 148 valence electrons. The summed E-state index contributed by atoms with van der Waals surface area (Å²) >= 11 is 0. The van der Waals surface area contributed by atoms with Crippen LogP contribution in [0.25, 0.3) is 0 Å². The second kappa shape index (κ2) is 16.8. The van der Waals surface area contributed by atoms with Gasteiger partial charge >= 0.3 is 5.95 Å². The maximum atomic E-state index is 5.91. The maximum absolute atomic E-state index is 5.91. The first-order valence-corrected chi connectivity index (χ1v) is 11.4. The Balaban J connectivity index is 1.93. The molecule has 0 spiro atoms. The fourth-order valence-electron chi connectivity index (χ4n) is 3.52. The monoisotopic (exact) mass is 352 g/mol. The lowest BCUT2D eigenvalue weighted by atomic mass is 10.0. The van der Waals surface area contributed by atoms with Gasteiger partial charge in [-0.15, -0.1) is 0 Å². The van der Waals surface area contributed by atoms with Gasteiger partial charge in [0.25, 0.3) is 0 Å². The topological polar surface area (TPSA) is 21.8 Å². The van der Waals surface area contributed by atoms with E-state index in [9.17, 15) is 0 Å². The van der Waals surface area contributed by atoms with Gasteiger partial charge in [-0.2, -0.15) is 0 Å². The molecule has 0 bridgehead atoms. The summed E-state index contributed by atoms with van der Waals surface area (Å²) in [5.41, 5.74) is 0. The molecule has 1 rings (SSSR count). The van der Waals surface area contributed by atoms with E-state index in [1.807, 2.05) is 0 Å². The van der Waals surface area contributed by atoms with Crippen LogP contribution in [-0.2, 0) is 9.47 Å². The summed E-state index contributed by atoms with van der Waals surface area (Å²) in [6.45, 7) is 4.56. The predicted molar refractivity (Wildman–Crippen MR) is 108 cm³/mol. The van der Waals surface area contributed by atoms with Crippen LogP contribution in [0.4, 0.5) is 0 Å². The van der Waals surface area contributed by atoms with Crippen molar-refractivity contribution in [2.24, 2.45) is 0 Å². The van der Waals surface area contributed by atoms with E-state index < -0.39 is 0 Å². The summed E-state index contributed by atoms with van der Waals surface area (Å²) in [4.78, 5) is 0. The predicted octanol–water partition coefficient (Wildman–Crippen LogP) is 8.26. The number of hydrogen-bond acceptors (Lipinski definition) is 2. The molecule has 0 aliphatic carbocycles. The highest BCUT2D eigenvalue weighted by molar-refractivity contribution is 4.93. The molecule has 0 aromatic heterocycles. The second-order valence-corrected chi connectivity index (χ2v) is 7.82. The van der Waals surface area contributed by atoms with Gasteiger partial charge in [0.05, 0.1) is 0 Å². The molecule has 1 aliphatic heterocycles. The molecule has 2 heteroatoms. The summed E-state index contributed by atoms with van der Waals surface area (Å²) in [6.07, 6.45) is 26.7. The van der Waals surface area contributed by atoms with Gasteiger partial charge < -0.3 is 9.47 Å². The van der Waals surface area contributed by atoms with E-state index in [1.54, 1.807) is 6.26 Å². The van der Waals surface area contributed by atoms with Crippen molar-refractivity contribution in [3.05, 3.63) is 12.2 Å². The normalized spacial score (nSPS) is 14.1. The Labute approximate surface area is 157 Å². The van der Waals surface area contributed by atoms with Crippen LogP contribution < -0.4 is 0 Å². The van der Waals surface area contributed by atoms with Gasteiger partial charge in [-0.1, -0.05) is 104 Å². The van der Waals surface area contributed by atoms with Gasteiger partial charge in [0.2, 0.25) is 0 Å². The quantitative estimate of drug-likeness (QED) is 0.206. The Hall–Kier alpha value is -0.660. The summed E-state index contributed by atoms with van der Waals surface area (Å²) < 4.78 is 11.0. The Morgan fingerprint density at radius 2 is 1.00 bits per heavy atom. The highest BCUT2D eigenvalue weighted by atomic mass is 16.7. The smallest absolute Gasteiger partial charge is 0.321 e. The number of hydrogen-bond donors (Lipinski definition) is 0. The van der Waals surface area contributed by atoms with Crippen molar-refractivity contribution in [1.82, 2.24) is 0 Å². The Kier molecular flexibility index (Phi) is 15.0. The van der Waals surface area contributed by atoms with E-state index in [0.717, 1.165) is 5.95 Å². The number of rotatable bonds is 20. The summed E-state index contributed by atoms with van der Waals surface area (Å²) in [5, 5.41) is 0. The van der Waals surface area contributed by atoms with Gasteiger partial charge in [-0.3, -0.25) is 0 Å². The minimum absolute atomic E-state index is 0.383. The highest BCUT2D eigenvalue weighted by Gasteiger charge is 2.18. The van der Waals surface area contributed by atoms with Gasteiger partial charge in [0, 0.05) is 0 Å². The van der Waals surface area contributed by atoms with Crippen molar-refractivity contribution < 1.29 is 9.47 Å². The lowest BCUT2D eigenvalue weighted by molar-refractivity contribution is 0.0627. The number of ether oxygens (including phenoxy) is 2. The summed E-state index contributed by atoms with van der Waals surface area (Å²) in [5.74, 6) is 0.767. The minimum atomic E-state index is 0.383. The zero-order chi connectivity index (χ0) is 18.0. The van der Waals surface area contributed by atoms with Crippen molar-refractivity contribution in [3.63, 3.8) is 0 Å². The molecule has 0 radical (unpaired) electrons. The van der Waals surface area contributed by atoms with E-state index in [0.29, 0.717) is 6.10 Å². The third-order valence-electron chi connectivity index (χ3n) is 5.26. The van der Waals surface area contributed by atoms with Crippen molar-refractivity contribution in [2.45, 2.75) is 136 Å². The Morgan fingerprint density at radius 3 is 1.36 bits per heavy atom. The minimum Gasteiger partial charge on any atom is -0.460 e. The fourth-order valence-corrected chi connectivity index (χ4v) is 3.52. The standard InChI is InChI=1S/C23H44O2/c1-3-5-7-9-11-12-13-14-16-18-20-22(25-23-21-24-23)19-17-15-10-8-6-4-2/h21-22H,3-20H2,1-2H3. The van der Waals surface area contributed by atoms with Crippen LogP contribution in [0.3, 0.4) is 0 Å². The SMILES string of the molecule is CCCCCCCCCCCCC(CCCCCCCC)OC1=CO1. The fraction of sp³-hybridized carbons (Fsp3) is 0.913. The average molecular weight is 353 g/mol. The van der Waals surface area contributed by atoms with Crippen LogP contribution in [0.1, 0.15) is 129 Å². The van der Waals surface area contributed by atoms with Crippen LogP contribution in [-0.4, -0.2) is 6.10 Å². The van der Waals surface area contributed by atoms with Crippen LogP contribution in [0.15, 0.2) is 12.2 Å². The molecular weight excluding hydrogens is 308 g/mol. The molecule has 0 N–H and O–H groups in total. The van der Waals surface area contributed by atoms with Crippen LogP contribution in [0.5, 0.6) is 0 Å². The molecule has 25 heavy (non-hydrogen) atoms. The van der Waals surface area contributed by atoms with E-state index >= 15 is 0 Å². The first-order valence-electron chi connectivity index (χ1n) is 11.4. The van der Waals surface area contributed by atoms with E-state index in [-0.39, 0.29) is 0 Å². The molecule has 1 atom stereocenters. The molecule has 2 nitrogen and oxygen atoms in total. The molecule has 0 aromatic carbocycles. The third-order valence-corrected chi connectivity index (χ3v) is 5.26. The maximum Gasteiger partial charge on any atom is 0.321 e. The van der Waals surface area contributed by atoms with Crippen molar-refractivity contribution >= 4 is 0 Å². The lowest BCUT2D eigenvalue weighted by Gasteiger charge is -2.16. The molecule has 0 saturated heterocycles. The second-order valence-electron chi connectivity index (χ2n) is 7.82. The largest absolute Gasteiger partial charge is 0.460 e. The number of unbranched alkanes of at least 4 members (excludes halogenated alkanes) is 14.